The highest BCUT2D eigenvalue weighted by Gasteiger charge is 2.34. The van der Waals surface area contributed by atoms with Crippen molar-refractivity contribution in [3.05, 3.63) is 35.2 Å². The van der Waals surface area contributed by atoms with Gasteiger partial charge in [-0.3, -0.25) is 0 Å². The number of thiophene rings is 1. The highest BCUT2D eigenvalue weighted by molar-refractivity contribution is 7.91. The summed E-state index contributed by atoms with van der Waals surface area (Å²) in [5.74, 6) is 0.819. The first-order valence-electron chi connectivity index (χ1n) is 6.44. The Bertz CT molecular complexity index is 690. The molecule has 0 spiro atoms. The minimum Gasteiger partial charge on any atom is -0.313 e. The Kier molecular flexibility index (Phi) is 3.37. The molecule has 102 valence electrons. The summed E-state index contributed by atoms with van der Waals surface area (Å²) in [6, 6.07) is 8.51. The lowest BCUT2D eigenvalue weighted by atomic mass is 9.92. The van der Waals surface area contributed by atoms with E-state index in [2.05, 4.69) is 35.0 Å². The van der Waals surface area contributed by atoms with Gasteiger partial charge in [0.1, 0.15) is 0 Å². The van der Waals surface area contributed by atoms with E-state index in [4.69, 9.17) is 0 Å². The average Bonchev–Trinajstić information content (AvgIpc) is 2.97. The van der Waals surface area contributed by atoms with Crippen molar-refractivity contribution in [1.29, 1.82) is 0 Å². The van der Waals surface area contributed by atoms with Crippen LogP contribution in [0.25, 0.3) is 10.1 Å². The van der Waals surface area contributed by atoms with Crippen LogP contribution in [0, 0.1) is 5.92 Å². The first kappa shape index (κ1) is 13.1. The molecule has 0 amide bonds. The number of hydrogen-bond acceptors (Lipinski definition) is 4. The van der Waals surface area contributed by atoms with Crippen LogP contribution in [0.4, 0.5) is 0 Å². The molecule has 1 N–H and O–H groups in total. The fraction of sp³-hybridized carbons (Fsp3) is 0.429. The molecule has 0 saturated carbocycles. The van der Waals surface area contributed by atoms with Gasteiger partial charge in [-0.15, -0.1) is 11.3 Å². The Morgan fingerprint density at radius 3 is 2.89 bits per heavy atom. The van der Waals surface area contributed by atoms with Crippen molar-refractivity contribution < 1.29 is 8.42 Å². The number of rotatable bonds is 3. The minimum absolute atomic E-state index is 0.125. The van der Waals surface area contributed by atoms with Crippen LogP contribution in [0.5, 0.6) is 0 Å². The first-order valence-corrected chi connectivity index (χ1v) is 9.14. The zero-order valence-electron chi connectivity index (χ0n) is 10.8. The molecule has 0 radical (unpaired) electrons. The Hall–Kier alpha value is -0.910. The van der Waals surface area contributed by atoms with E-state index in [0.29, 0.717) is 11.5 Å². The molecule has 2 unspecified atom stereocenters. The van der Waals surface area contributed by atoms with E-state index < -0.39 is 9.84 Å². The van der Waals surface area contributed by atoms with Crippen molar-refractivity contribution in [3.8, 4) is 0 Å². The molecule has 2 aromatic rings. The summed E-state index contributed by atoms with van der Waals surface area (Å²) in [6.07, 6.45) is 0.760. The van der Waals surface area contributed by atoms with E-state index in [-0.39, 0.29) is 12.0 Å². The van der Waals surface area contributed by atoms with Gasteiger partial charge in [-0.25, -0.2) is 8.42 Å². The molecule has 1 aliphatic rings. The Balaban J connectivity index is 2.01. The van der Waals surface area contributed by atoms with Crippen molar-refractivity contribution in [2.24, 2.45) is 5.92 Å². The molecule has 1 aromatic carbocycles. The topological polar surface area (TPSA) is 46.2 Å². The maximum absolute atomic E-state index is 11.7. The van der Waals surface area contributed by atoms with Gasteiger partial charge in [-0.05, 0) is 41.8 Å². The highest BCUT2D eigenvalue weighted by Crippen LogP contribution is 2.36. The van der Waals surface area contributed by atoms with Crippen molar-refractivity contribution in [2.45, 2.75) is 12.5 Å². The van der Waals surface area contributed by atoms with Crippen molar-refractivity contribution >= 4 is 31.3 Å². The second-order valence-corrected chi connectivity index (χ2v) is 8.26. The summed E-state index contributed by atoms with van der Waals surface area (Å²) >= 11 is 1.73. The van der Waals surface area contributed by atoms with Gasteiger partial charge in [0.25, 0.3) is 0 Å². The number of benzene rings is 1. The second-order valence-electron chi connectivity index (χ2n) is 5.12. The summed E-state index contributed by atoms with van der Waals surface area (Å²) < 4.78 is 24.6. The van der Waals surface area contributed by atoms with E-state index in [9.17, 15) is 8.42 Å². The van der Waals surface area contributed by atoms with Gasteiger partial charge in [-0.2, -0.15) is 0 Å². The first-order chi connectivity index (χ1) is 9.11. The van der Waals surface area contributed by atoms with Crippen LogP contribution in [0.15, 0.2) is 29.6 Å². The predicted octanol–water partition coefficient (Wildman–Crippen LogP) is 2.60. The second kappa shape index (κ2) is 4.89. The summed E-state index contributed by atoms with van der Waals surface area (Å²) in [5.41, 5.74) is 1.23. The smallest absolute Gasteiger partial charge is 0.150 e. The molecule has 3 rings (SSSR count). The van der Waals surface area contributed by atoms with Crippen LogP contribution in [0.3, 0.4) is 0 Å². The van der Waals surface area contributed by atoms with Crippen LogP contribution in [-0.2, 0) is 9.84 Å². The van der Waals surface area contributed by atoms with Gasteiger partial charge in [0.05, 0.1) is 11.5 Å². The van der Waals surface area contributed by atoms with E-state index in [1.54, 1.807) is 11.3 Å². The number of fused-ring (bicyclic) bond motifs is 1. The monoisotopic (exact) mass is 295 g/mol. The van der Waals surface area contributed by atoms with Gasteiger partial charge in [0.2, 0.25) is 0 Å². The van der Waals surface area contributed by atoms with Crippen molar-refractivity contribution in [3.63, 3.8) is 0 Å². The van der Waals surface area contributed by atoms with Crippen LogP contribution in [-0.4, -0.2) is 27.0 Å². The van der Waals surface area contributed by atoms with Gasteiger partial charge in [0.15, 0.2) is 9.84 Å². The molecule has 5 heteroatoms. The third kappa shape index (κ3) is 2.42. The van der Waals surface area contributed by atoms with E-state index in [1.165, 1.54) is 15.6 Å². The molecule has 1 aromatic heterocycles. The average molecular weight is 295 g/mol. The molecule has 0 aliphatic carbocycles. The minimum atomic E-state index is -2.84. The largest absolute Gasteiger partial charge is 0.313 e. The van der Waals surface area contributed by atoms with Crippen molar-refractivity contribution in [1.82, 2.24) is 5.32 Å². The van der Waals surface area contributed by atoms with Gasteiger partial charge < -0.3 is 5.32 Å². The maximum Gasteiger partial charge on any atom is 0.150 e. The highest BCUT2D eigenvalue weighted by atomic mass is 32.2. The SMILES string of the molecule is CNC(c1cccc2ccsc12)C1CCS(=O)(=O)C1. The van der Waals surface area contributed by atoms with Gasteiger partial charge in [0, 0.05) is 10.7 Å². The standard InChI is InChI=1S/C14H17NO2S2/c1-15-13(11-6-8-19(16,17)9-11)12-4-2-3-10-5-7-18-14(10)12/h2-5,7,11,13,15H,6,8-9H2,1H3. The van der Waals surface area contributed by atoms with E-state index in [1.807, 2.05) is 7.05 Å². The molecule has 2 atom stereocenters. The summed E-state index contributed by atoms with van der Waals surface area (Å²) in [6.45, 7) is 0. The number of sulfone groups is 1. The summed E-state index contributed by atoms with van der Waals surface area (Å²) in [7, 11) is -0.916. The third-order valence-electron chi connectivity index (χ3n) is 3.89. The number of hydrogen-bond donors (Lipinski definition) is 1. The fourth-order valence-corrected chi connectivity index (χ4v) is 5.79. The summed E-state index contributed by atoms with van der Waals surface area (Å²) in [5, 5.41) is 6.65. The maximum atomic E-state index is 11.7. The zero-order chi connectivity index (χ0) is 13.5. The normalized spacial score (nSPS) is 23.7. The molecule has 3 nitrogen and oxygen atoms in total. The predicted molar refractivity (Wildman–Crippen MR) is 80.4 cm³/mol. The lowest BCUT2D eigenvalue weighted by Gasteiger charge is -2.23. The zero-order valence-corrected chi connectivity index (χ0v) is 12.4. The Labute approximate surface area is 117 Å². The molecule has 2 heterocycles. The third-order valence-corrected chi connectivity index (χ3v) is 6.67. The van der Waals surface area contributed by atoms with Crippen LogP contribution in [0.1, 0.15) is 18.0 Å². The lowest BCUT2D eigenvalue weighted by molar-refractivity contribution is 0.421. The quantitative estimate of drug-likeness (QED) is 0.947. The molecular weight excluding hydrogens is 278 g/mol. The molecule has 19 heavy (non-hydrogen) atoms. The fourth-order valence-electron chi connectivity index (χ4n) is 2.99. The lowest BCUT2D eigenvalue weighted by Crippen LogP contribution is -2.26. The Morgan fingerprint density at radius 2 is 2.21 bits per heavy atom. The molecule has 1 aliphatic heterocycles. The molecule has 0 bridgehead atoms. The molecular formula is C14H17NO2S2. The van der Waals surface area contributed by atoms with E-state index in [0.717, 1.165) is 6.42 Å². The van der Waals surface area contributed by atoms with Crippen LogP contribution < -0.4 is 5.32 Å². The van der Waals surface area contributed by atoms with Gasteiger partial charge in [-0.1, -0.05) is 18.2 Å². The van der Waals surface area contributed by atoms with E-state index >= 15 is 0 Å². The summed E-state index contributed by atoms with van der Waals surface area (Å²) in [4.78, 5) is 0. The number of nitrogens with one attached hydrogen (secondary N) is 1. The van der Waals surface area contributed by atoms with Gasteiger partial charge >= 0.3 is 0 Å². The van der Waals surface area contributed by atoms with Crippen molar-refractivity contribution in [2.75, 3.05) is 18.6 Å². The molecule has 1 saturated heterocycles. The van der Waals surface area contributed by atoms with Crippen LogP contribution >= 0.6 is 11.3 Å². The molecule has 1 fully saturated rings. The van der Waals surface area contributed by atoms with Crippen LogP contribution in [0.2, 0.25) is 0 Å². The Morgan fingerprint density at radius 1 is 1.37 bits per heavy atom.